The molecule has 2 N–H and O–H groups in total. The Balaban J connectivity index is 0.00000625. The number of rotatable bonds is 9. The van der Waals surface area contributed by atoms with Crippen molar-refractivity contribution in [3.05, 3.63) is 23.8 Å². The van der Waals surface area contributed by atoms with Crippen molar-refractivity contribution in [2.75, 3.05) is 27.9 Å². The fourth-order valence-electron chi connectivity index (χ4n) is 2.14. The summed E-state index contributed by atoms with van der Waals surface area (Å²) in [6, 6.07) is 3.49. The van der Waals surface area contributed by atoms with Crippen LogP contribution < -0.4 is 15.2 Å². The van der Waals surface area contributed by atoms with Crippen molar-refractivity contribution in [3.63, 3.8) is 0 Å². The number of benzene rings is 1. The van der Waals surface area contributed by atoms with Gasteiger partial charge in [0.2, 0.25) is 12.3 Å². The van der Waals surface area contributed by atoms with Gasteiger partial charge in [-0.05, 0) is 17.7 Å². The minimum atomic E-state index is -2.73. The lowest BCUT2D eigenvalue weighted by Crippen LogP contribution is -2.46. The smallest absolute Gasteiger partial charge is 0.325 e. The van der Waals surface area contributed by atoms with Gasteiger partial charge in [0.25, 0.3) is 0 Å². The van der Waals surface area contributed by atoms with Crippen LogP contribution in [0.25, 0.3) is 0 Å². The number of alkyl halides is 2. The molecule has 0 aromatic heterocycles. The second-order valence-electron chi connectivity index (χ2n) is 5.22. The van der Waals surface area contributed by atoms with Crippen LogP contribution in [0.5, 0.6) is 11.5 Å². The van der Waals surface area contributed by atoms with E-state index in [1.807, 2.05) is 0 Å². The maximum absolute atomic E-state index is 12.5. The highest BCUT2D eigenvalue weighted by Gasteiger charge is 2.26. The number of hydrogen-bond acceptors (Lipinski definition) is 6. The average Bonchev–Trinajstić information content (AvgIpc) is 2.59. The van der Waals surface area contributed by atoms with Crippen LogP contribution in [0.3, 0.4) is 0 Å². The number of nitrogens with two attached hydrogens (primary N) is 1. The van der Waals surface area contributed by atoms with Gasteiger partial charge in [-0.1, -0.05) is 0 Å². The van der Waals surface area contributed by atoms with Gasteiger partial charge in [-0.15, -0.1) is 12.4 Å². The minimum absolute atomic E-state index is 0. The van der Waals surface area contributed by atoms with E-state index in [1.165, 1.54) is 21.3 Å². The van der Waals surface area contributed by atoms with Crippen molar-refractivity contribution in [1.29, 1.82) is 0 Å². The van der Waals surface area contributed by atoms with Gasteiger partial charge in [0.15, 0.2) is 0 Å². The molecule has 1 amide bonds. The molecule has 0 aliphatic heterocycles. The van der Waals surface area contributed by atoms with Crippen LogP contribution in [0.1, 0.15) is 12.0 Å². The second-order valence-corrected chi connectivity index (χ2v) is 5.22. The largest absolute Gasteiger partial charge is 0.497 e. The third-order valence-electron chi connectivity index (χ3n) is 3.39. The van der Waals surface area contributed by atoms with E-state index in [4.69, 9.17) is 15.2 Å². The van der Waals surface area contributed by atoms with Gasteiger partial charge < -0.3 is 24.8 Å². The van der Waals surface area contributed by atoms with Crippen molar-refractivity contribution >= 4 is 24.3 Å². The lowest BCUT2D eigenvalue weighted by atomic mass is 10.1. The molecule has 0 fully saturated rings. The zero-order valence-electron chi connectivity index (χ0n) is 14.7. The van der Waals surface area contributed by atoms with Crippen LogP contribution in [0.15, 0.2) is 18.2 Å². The summed E-state index contributed by atoms with van der Waals surface area (Å²) in [6.45, 7) is -0.454. The molecular weight excluding hydrogens is 374 g/mol. The van der Waals surface area contributed by atoms with Gasteiger partial charge in [0.05, 0.1) is 27.4 Å². The predicted octanol–water partition coefficient (Wildman–Crippen LogP) is 1.61. The monoisotopic (exact) mass is 396 g/mol. The molecule has 26 heavy (non-hydrogen) atoms. The van der Waals surface area contributed by atoms with E-state index in [1.54, 1.807) is 18.2 Å². The van der Waals surface area contributed by atoms with Crippen LogP contribution in [0, 0.1) is 0 Å². The first kappa shape index (κ1) is 23.9. The highest BCUT2D eigenvalue weighted by molar-refractivity contribution is 5.86. The predicted molar refractivity (Wildman–Crippen MR) is 92.8 cm³/mol. The number of methoxy groups -OCH3 is 3. The standard InChI is InChI=1S/C16H22F2N2O5.ClH/c1-23-11-4-10(5-12(6-11)24-2)8-20(9-15(21)25-3)16(22)13(19)7-14(17)18;/h4-6,13-14H,7-9,19H2,1-3H3;1H. The molecule has 148 valence electrons. The molecule has 1 aromatic carbocycles. The minimum Gasteiger partial charge on any atom is -0.497 e. The molecule has 0 radical (unpaired) electrons. The Bertz CT molecular complexity index is 582. The molecule has 0 spiro atoms. The summed E-state index contributed by atoms with van der Waals surface area (Å²) in [7, 11) is 4.10. The highest BCUT2D eigenvalue weighted by Crippen LogP contribution is 2.23. The summed E-state index contributed by atoms with van der Waals surface area (Å²) in [5.41, 5.74) is 6.11. The summed E-state index contributed by atoms with van der Waals surface area (Å²) in [5.74, 6) is -0.492. The maximum Gasteiger partial charge on any atom is 0.325 e. The zero-order chi connectivity index (χ0) is 19.0. The summed E-state index contributed by atoms with van der Waals surface area (Å²) in [6.07, 6.45) is -3.52. The molecule has 1 rings (SSSR count). The molecule has 7 nitrogen and oxygen atoms in total. The molecule has 1 atom stereocenters. The Labute approximate surface area is 156 Å². The lowest BCUT2D eigenvalue weighted by Gasteiger charge is -2.25. The molecule has 0 saturated carbocycles. The van der Waals surface area contributed by atoms with Crippen LogP contribution >= 0.6 is 12.4 Å². The Hall–Kier alpha value is -2.13. The number of carbonyl (C=O) groups excluding carboxylic acids is 2. The third kappa shape index (κ3) is 7.40. The molecule has 0 aliphatic carbocycles. The molecule has 10 heteroatoms. The van der Waals surface area contributed by atoms with Crippen LogP contribution in [-0.2, 0) is 20.9 Å². The Morgan fingerprint density at radius 1 is 1.12 bits per heavy atom. The van der Waals surface area contributed by atoms with Gasteiger partial charge in [0, 0.05) is 19.0 Å². The van der Waals surface area contributed by atoms with Gasteiger partial charge in [-0.3, -0.25) is 9.59 Å². The first-order valence-electron chi connectivity index (χ1n) is 7.42. The number of nitrogens with zero attached hydrogens (tertiary/aromatic N) is 1. The SMILES string of the molecule is COC(=O)CN(Cc1cc(OC)cc(OC)c1)C(=O)C(N)CC(F)F.Cl. The first-order chi connectivity index (χ1) is 11.8. The van der Waals surface area contributed by atoms with E-state index >= 15 is 0 Å². The molecule has 0 bridgehead atoms. The summed E-state index contributed by atoms with van der Waals surface area (Å²) >= 11 is 0. The van der Waals surface area contributed by atoms with Gasteiger partial charge in [0.1, 0.15) is 18.0 Å². The fourth-order valence-corrected chi connectivity index (χ4v) is 2.14. The number of esters is 1. The molecule has 0 aliphatic rings. The van der Waals surface area contributed by atoms with Crippen LogP contribution in [0.2, 0.25) is 0 Å². The normalized spacial score (nSPS) is 11.3. The van der Waals surface area contributed by atoms with E-state index in [0.717, 1.165) is 4.90 Å². The molecule has 1 unspecified atom stereocenters. The van der Waals surface area contributed by atoms with Crippen molar-refractivity contribution in [3.8, 4) is 11.5 Å². The number of amides is 1. The van der Waals surface area contributed by atoms with E-state index in [-0.39, 0.29) is 19.0 Å². The fraction of sp³-hybridized carbons (Fsp3) is 0.500. The average molecular weight is 397 g/mol. The number of ether oxygens (including phenoxy) is 3. The second kappa shape index (κ2) is 11.5. The molecule has 0 heterocycles. The van der Waals surface area contributed by atoms with E-state index in [2.05, 4.69) is 4.74 Å². The highest BCUT2D eigenvalue weighted by atomic mass is 35.5. The quantitative estimate of drug-likeness (QED) is 0.638. The van der Waals surface area contributed by atoms with Crippen molar-refractivity contribution in [2.45, 2.75) is 25.4 Å². The Kier molecular flexibility index (Phi) is 10.5. The number of hydrogen-bond donors (Lipinski definition) is 1. The summed E-state index contributed by atoms with van der Waals surface area (Å²) < 4.78 is 39.8. The summed E-state index contributed by atoms with van der Waals surface area (Å²) in [5, 5.41) is 0. The topological polar surface area (TPSA) is 91.1 Å². The van der Waals surface area contributed by atoms with E-state index in [9.17, 15) is 18.4 Å². The molecular formula is C16H23ClF2N2O5. The van der Waals surface area contributed by atoms with E-state index in [0.29, 0.717) is 17.1 Å². The number of carbonyl (C=O) groups is 2. The number of halogens is 3. The summed E-state index contributed by atoms with van der Waals surface area (Å²) in [4.78, 5) is 25.0. The Morgan fingerprint density at radius 2 is 1.65 bits per heavy atom. The van der Waals surface area contributed by atoms with Gasteiger partial charge in [-0.25, -0.2) is 8.78 Å². The van der Waals surface area contributed by atoms with Crippen LogP contribution in [-0.4, -0.2) is 57.1 Å². The van der Waals surface area contributed by atoms with Crippen molar-refractivity contribution < 1.29 is 32.6 Å². The third-order valence-corrected chi connectivity index (χ3v) is 3.39. The van der Waals surface area contributed by atoms with E-state index < -0.39 is 37.3 Å². The molecule has 1 aromatic rings. The zero-order valence-corrected chi connectivity index (χ0v) is 15.6. The van der Waals surface area contributed by atoms with Crippen LogP contribution in [0.4, 0.5) is 8.78 Å². The van der Waals surface area contributed by atoms with Gasteiger partial charge in [-0.2, -0.15) is 0 Å². The van der Waals surface area contributed by atoms with Crippen molar-refractivity contribution in [2.24, 2.45) is 5.73 Å². The first-order valence-corrected chi connectivity index (χ1v) is 7.42. The van der Waals surface area contributed by atoms with Gasteiger partial charge >= 0.3 is 5.97 Å². The lowest BCUT2D eigenvalue weighted by molar-refractivity contribution is -0.148. The maximum atomic E-state index is 12.5. The van der Waals surface area contributed by atoms with Crippen molar-refractivity contribution in [1.82, 2.24) is 4.90 Å². The Morgan fingerprint density at radius 3 is 2.08 bits per heavy atom. The molecule has 0 saturated heterocycles.